The van der Waals surface area contributed by atoms with Gasteiger partial charge in [0.2, 0.25) is 0 Å². The van der Waals surface area contributed by atoms with Crippen molar-refractivity contribution in [3.8, 4) is 11.1 Å². The molecule has 190 valence electrons. The molecule has 0 radical (unpaired) electrons. The Bertz CT molecular complexity index is 1540. The molecule has 0 aliphatic heterocycles. The summed E-state index contributed by atoms with van der Waals surface area (Å²) < 4.78 is 79.1. The minimum Gasteiger partial charge on any atom is -0.308 e. The van der Waals surface area contributed by atoms with Gasteiger partial charge in [-0.1, -0.05) is 54.6 Å². The maximum atomic E-state index is 13.9. The van der Waals surface area contributed by atoms with Crippen molar-refractivity contribution in [2.24, 2.45) is 0 Å². The minimum absolute atomic E-state index is 0.0317. The van der Waals surface area contributed by atoms with Gasteiger partial charge in [-0.3, -0.25) is 0 Å². The van der Waals surface area contributed by atoms with Crippen LogP contribution in [0, 0.1) is 5.82 Å². The zero-order valence-electron chi connectivity index (χ0n) is 19.1. The van der Waals surface area contributed by atoms with Crippen molar-refractivity contribution in [1.29, 1.82) is 0 Å². The number of alkyl halides is 3. The predicted octanol–water partition coefficient (Wildman–Crippen LogP) is 7.13. The van der Waals surface area contributed by atoms with E-state index in [0.29, 0.717) is 16.7 Å². The van der Waals surface area contributed by atoms with E-state index in [2.05, 4.69) is 10.6 Å². The van der Waals surface area contributed by atoms with Crippen LogP contribution in [0.15, 0.2) is 102 Å². The van der Waals surface area contributed by atoms with E-state index in [1.165, 1.54) is 42.5 Å². The third-order valence-electron chi connectivity index (χ3n) is 5.38. The van der Waals surface area contributed by atoms with E-state index in [9.17, 15) is 30.8 Å². The number of sulfone groups is 1. The average molecular weight is 529 g/mol. The number of carbonyl (C=O) groups excluding carboxylic acids is 1. The second-order valence-electron chi connectivity index (χ2n) is 8.12. The van der Waals surface area contributed by atoms with E-state index in [-0.39, 0.29) is 22.0 Å². The summed E-state index contributed by atoms with van der Waals surface area (Å²) >= 11 is 0. The van der Waals surface area contributed by atoms with Crippen LogP contribution >= 0.6 is 0 Å². The number of benzene rings is 4. The lowest BCUT2D eigenvalue weighted by Crippen LogP contribution is -2.20. The van der Waals surface area contributed by atoms with Crippen molar-refractivity contribution >= 4 is 27.2 Å². The lowest BCUT2D eigenvalue weighted by molar-refractivity contribution is -0.137. The van der Waals surface area contributed by atoms with Crippen molar-refractivity contribution in [2.75, 3.05) is 10.6 Å². The summed E-state index contributed by atoms with van der Waals surface area (Å²) in [5.74, 6) is -0.833. The van der Waals surface area contributed by atoms with Crippen LogP contribution in [-0.4, -0.2) is 14.4 Å². The van der Waals surface area contributed by atoms with Gasteiger partial charge in [-0.15, -0.1) is 0 Å². The van der Waals surface area contributed by atoms with Crippen LogP contribution in [-0.2, 0) is 21.8 Å². The Labute approximate surface area is 210 Å². The molecular formula is C27H20F4N2O3S. The van der Waals surface area contributed by atoms with Gasteiger partial charge in [-0.05, 0) is 53.6 Å². The van der Waals surface area contributed by atoms with E-state index in [4.69, 9.17) is 0 Å². The van der Waals surface area contributed by atoms with Crippen LogP contribution in [0.25, 0.3) is 11.1 Å². The van der Waals surface area contributed by atoms with E-state index in [0.717, 1.165) is 18.2 Å². The second-order valence-corrected chi connectivity index (χ2v) is 10.1. The van der Waals surface area contributed by atoms with Crippen molar-refractivity contribution in [3.05, 3.63) is 114 Å². The Hall–Kier alpha value is -4.18. The molecule has 4 aromatic rings. The van der Waals surface area contributed by atoms with Gasteiger partial charge in [-0.25, -0.2) is 17.6 Å². The van der Waals surface area contributed by atoms with Crippen LogP contribution in [0.4, 0.5) is 33.7 Å². The topological polar surface area (TPSA) is 75.3 Å². The molecule has 0 saturated heterocycles. The molecule has 0 atom stereocenters. The zero-order chi connectivity index (χ0) is 26.6. The van der Waals surface area contributed by atoms with Crippen LogP contribution in [0.1, 0.15) is 11.1 Å². The molecule has 10 heteroatoms. The molecule has 0 heterocycles. The van der Waals surface area contributed by atoms with Crippen LogP contribution in [0.3, 0.4) is 0 Å². The molecule has 0 aliphatic carbocycles. The highest BCUT2D eigenvalue weighted by atomic mass is 32.2. The number of halogens is 4. The summed E-state index contributed by atoms with van der Waals surface area (Å²) in [5, 5.41) is 4.81. The molecule has 2 amide bonds. The third-order valence-corrected chi connectivity index (χ3v) is 7.07. The lowest BCUT2D eigenvalue weighted by Gasteiger charge is -2.15. The summed E-state index contributed by atoms with van der Waals surface area (Å²) in [6.07, 6.45) is -4.60. The van der Waals surface area contributed by atoms with Gasteiger partial charge in [0.15, 0.2) is 9.84 Å². The van der Waals surface area contributed by atoms with Gasteiger partial charge in [0, 0.05) is 11.3 Å². The van der Waals surface area contributed by atoms with E-state index in [1.807, 2.05) is 0 Å². The highest BCUT2D eigenvalue weighted by Gasteiger charge is 2.30. The number of urea groups is 1. The highest BCUT2D eigenvalue weighted by molar-refractivity contribution is 7.90. The Balaban J connectivity index is 1.67. The number of anilines is 2. The standard InChI is InChI=1S/C27H20F4N2O3S/c28-21-10-4-8-19(14-21)24-13-12-23(37(35,36)17-18-6-2-1-3-7-18)16-25(24)33-26(34)32-22-11-5-9-20(15-22)27(29,30)31/h1-16H,17H2,(H2,32,33,34). The van der Waals surface area contributed by atoms with Gasteiger partial charge in [0.05, 0.1) is 21.9 Å². The monoisotopic (exact) mass is 528 g/mol. The highest BCUT2D eigenvalue weighted by Crippen LogP contribution is 2.33. The molecule has 2 N–H and O–H groups in total. The SMILES string of the molecule is O=C(Nc1cccc(C(F)(F)F)c1)Nc1cc(S(=O)(=O)Cc2ccccc2)ccc1-c1cccc(F)c1. The normalized spacial score (nSPS) is 11.7. The Morgan fingerprint density at radius 2 is 1.51 bits per heavy atom. The summed E-state index contributed by atoms with van der Waals surface area (Å²) in [4.78, 5) is 12.6. The Morgan fingerprint density at radius 1 is 0.784 bits per heavy atom. The Kier molecular flexibility index (Phi) is 7.30. The molecule has 0 aliphatic rings. The smallest absolute Gasteiger partial charge is 0.308 e. The first-order chi connectivity index (χ1) is 17.5. The zero-order valence-corrected chi connectivity index (χ0v) is 19.9. The molecule has 5 nitrogen and oxygen atoms in total. The second kappa shape index (κ2) is 10.4. The largest absolute Gasteiger partial charge is 0.416 e. The molecule has 4 aromatic carbocycles. The molecular weight excluding hydrogens is 508 g/mol. The first kappa shape index (κ1) is 25.9. The number of hydrogen-bond donors (Lipinski definition) is 2. The summed E-state index contributed by atoms with van der Waals surface area (Å²) in [7, 11) is -3.83. The quantitative estimate of drug-likeness (QED) is 0.262. The molecule has 0 aromatic heterocycles. The minimum atomic E-state index is -4.60. The summed E-state index contributed by atoms with van der Waals surface area (Å²) in [6, 6.07) is 21.2. The third kappa shape index (κ3) is 6.53. The summed E-state index contributed by atoms with van der Waals surface area (Å²) in [6.45, 7) is 0. The molecule has 4 rings (SSSR count). The molecule has 0 unspecified atom stereocenters. The first-order valence-electron chi connectivity index (χ1n) is 10.9. The van der Waals surface area contributed by atoms with Crippen molar-refractivity contribution in [1.82, 2.24) is 0 Å². The summed E-state index contributed by atoms with van der Waals surface area (Å²) in [5.41, 5.74) is 0.212. The van der Waals surface area contributed by atoms with E-state index >= 15 is 0 Å². The Morgan fingerprint density at radius 3 is 2.22 bits per heavy atom. The maximum Gasteiger partial charge on any atom is 0.416 e. The fourth-order valence-electron chi connectivity index (χ4n) is 3.66. The van der Waals surface area contributed by atoms with Gasteiger partial charge >= 0.3 is 12.2 Å². The van der Waals surface area contributed by atoms with E-state index < -0.39 is 33.4 Å². The maximum absolute atomic E-state index is 13.9. The van der Waals surface area contributed by atoms with Crippen LogP contribution in [0.5, 0.6) is 0 Å². The molecule has 0 spiro atoms. The van der Waals surface area contributed by atoms with Crippen LogP contribution in [0.2, 0.25) is 0 Å². The first-order valence-corrected chi connectivity index (χ1v) is 12.6. The molecule has 0 bridgehead atoms. The lowest BCUT2D eigenvalue weighted by atomic mass is 10.0. The molecule has 0 saturated carbocycles. The number of carbonyl (C=O) groups is 1. The van der Waals surface area contributed by atoms with E-state index in [1.54, 1.807) is 36.4 Å². The predicted molar refractivity (Wildman–Crippen MR) is 133 cm³/mol. The van der Waals surface area contributed by atoms with Crippen LogP contribution < -0.4 is 10.6 Å². The number of nitrogens with one attached hydrogen (secondary N) is 2. The van der Waals surface area contributed by atoms with Crippen molar-refractivity contribution < 1.29 is 30.8 Å². The van der Waals surface area contributed by atoms with Gasteiger partial charge < -0.3 is 10.6 Å². The van der Waals surface area contributed by atoms with Gasteiger partial charge in [0.25, 0.3) is 0 Å². The van der Waals surface area contributed by atoms with Crippen molar-refractivity contribution in [3.63, 3.8) is 0 Å². The molecule has 37 heavy (non-hydrogen) atoms. The van der Waals surface area contributed by atoms with Gasteiger partial charge in [0.1, 0.15) is 5.82 Å². The fourth-order valence-corrected chi connectivity index (χ4v) is 5.03. The number of rotatable bonds is 6. The number of amides is 2. The number of hydrogen-bond acceptors (Lipinski definition) is 3. The fraction of sp³-hybridized carbons (Fsp3) is 0.0741. The average Bonchev–Trinajstić information content (AvgIpc) is 2.84. The van der Waals surface area contributed by atoms with Crippen molar-refractivity contribution in [2.45, 2.75) is 16.8 Å². The molecule has 0 fully saturated rings. The van der Waals surface area contributed by atoms with Gasteiger partial charge in [-0.2, -0.15) is 13.2 Å².